The summed E-state index contributed by atoms with van der Waals surface area (Å²) >= 11 is 0. The second-order valence-corrected chi connectivity index (χ2v) is 4.65. The highest BCUT2D eigenvalue weighted by Gasteiger charge is 2.20. The molecule has 106 valence electrons. The van der Waals surface area contributed by atoms with Crippen LogP contribution in [0.3, 0.4) is 0 Å². The Morgan fingerprint density at radius 1 is 1.32 bits per heavy atom. The molecule has 1 aromatic carbocycles. The lowest BCUT2D eigenvalue weighted by atomic mass is 9.95. The number of methoxy groups -OCH3 is 2. The van der Waals surface area contributed by atoms with Gasteiger partial charge in [0.05, 0.1) is 20.1 Å². The molecule has 0 aliphatic heterocycles. The minimum atomic E-state index is -0.853. The van der Waals surface area contributed by atoms with Crippen molar-refractivity contribution in [2.24, 2.45) is 11.7 Å². The first-order valence-corrected chi connectivity index (χ1v) is 6.11. The molecule has 5 nitrogen and oxygen atoms in total. The van der Waals surface area contributed by atoms with Crippen LogP contribution >= 0.6 is 0 Å². The topological polar surface area (TPSA) is 81.8 Å². The van der Waals surface area contributed by atoms with Gasteiger partial charge >= 0.3 is 5.97 Å². The van der Waals surface area contributed by atoms with Gasteiger partial charge in [-0.25, -0.2) is 0 Å². The van der Waals surface area contributed by atoms with Crippen molar-refractivity contribution >= 4 is 5.97 Å². The number of hydrogen-bond donors (Lipinski definition) is 2. The van der Waals surface area contributed by atoms with Gasteiger partial charge in [-0.2, -0.15) is 0 Å². The van der Waals surface area contributed by atoms with Crippen molar-refractivity contribution < 1.29 is 19.4 Å². The van der Waals surface area contributed by atoms with Gasteiger partial charge in [0.25, 0.3) is 0 Å². The fourth-order valence-electron chi connectivity index (χ4n) is 1.97. The number of carboxylic acids is 1. The Labute approximate surface area is 113 Å². The van der Waals surface area contributed by atoms with E-state index < -0.39 is 17.9 Å². The van der Waals surface area contributed by atoms with Gasteiger partial charge in [-0.15, -0.1) is 0 Å². The molecule has 2 unspecified atom stereocenters. The Kier molecular flexibility index (Phi) is 5.18. The Hall–Kier alpha value is -1.75. The molecule has 5 heteroatoms. The van der Waals surface area contributed by atoms with E-state index in [1.165, 1.54) is 0 Å². The number of rotatable bonds is 6. The zero-order valence-electron chi connectivity index (χ0n) is 11.8. The van der Waals surface area contributed by atoms with Crippen LogP contribution < -0.4 is 15.2 Å². The SMILES string of the molecule is COc1cc(C(N)CC(C)C(=O)O)c(OC)cc1C. The average molecular weight is 267 g/mol. The standard InChI is InChI=1S/C14H21NO4/c1-8-6-13(19-4)10(7-12(8)18-3)11(15)5-9(2)14(16)17/h6-7,9,11H,5,15H2,1-4H3,(H,16,17). The number of hydrogen-bond acceptors (Lipinski definition) is 4. The van der Waals surface area contributed by atoms with Gasteiger partial charge in [-0.05, 0) is 31.0 Å². The van der Waals surface area contributed by atoms with E-state index in [1.807, 2.05) is 19.1 Å². The van der Waals surface area contributed by atoms with Crippen LogP contribution in [0, 0.1) is 12.8 Å². The van der Waals surface area contributed by atoms with Crippen molar-refractivity contribution in [1.82, 2.24) is 0 Å². The summed E-state index contributed by atoms with van der Waals surface area (Å²) in [6.07, 6.45) is 0.345. The molecule has 1 aromatic rings. The van der Waals surface area contributed by atoms with Crippen molar-refractivity contribution in [3.8, 4) is 11.5 Å². The summed E-state index contributed by atoms with van der Waals surface area (Å²) in [5, 5.41) is 8.94. The molecule has 0 aliphatic rings. The third-order valence-corrected chi connectivity index (χ3v) is 3.18. The Balaban J connectivity index is 3.06. The van der Waals surface area contributed by atoms with Crippen molar-refractivity contribution in [3.63, 3.8) is 0 Å². The summed E-state index contributed by atoms with van der Waals surface area (Å²) in [6.45, 7) is 3.55. The van der Waals surface area contributed by atoms with Crippen LogP contribution in [-0.4, -0.2) is 25.3 Å². The van der Waals surface area contributed by atoms with E-state index in [0.29, 0.717) is 17.9 Å². The molecule has 0 amide bonds. The van der Waals surface area contributed by atoms with Crippen molar-refractivity contribution in [1.29, 1.82) is 0 Å². The van der Waals surface area contributed by atoms with E-state index in [9.17, 15) is 4.79 Å². The van der Waals surface area contributed by atoms with Crippen LogP contribution in [0.2, 0.25) is 0 Å². The quantitative estimate of drug-likeness (QED) is 0.825. The maximum Gasteiger partial charge on any atom is 0.306 e. The van der Waals surface area contributed by atoms with Crippen LogP contribution in [0.5, 0.6) is 11.5 Å². The highest BCUT2D eigenvalue weighted by molar-refractivity contribution is 5.69. The second kappa shape index (κ2) is 6.43. The van der Waals surface area contributed by atoms with Gasteiger partial charge in [0.15, 0.2) is 0 Å². The number of carboxylic acid groups (broad SMARTS) is 1. The number of aliphatic carboxylic acids is 1. The molecular weight excluding hydrogens is 246 g/mol. The molecule has 0 aromatic heterocycles. The molecule has 0 fully saturated rings. The van der Waals surface area contributed by atoms with Crippen molar-refractivity contribution in [2.75, 3.05) is 14.2 Å². The lowest BCUT2D eigenvalue weighted by Gasteiger charge is -2.19. The Morgan fingerprint density at radius 3 is 2.37 bits per heavy atom. The van der Waals surface area contributed by atoms with Crippen molar-refractivity contribution in [3.05, 3.63) is 23.3 Å². The minimum Gasteiger partial charge on any atom is -0.496 e. The minimum absolute atomic E-state index is 0.345. The van der Waals surface area contributed by atoms with Gasteiger partial charge in [-0.1, -0.05) is 6.92 Å². The molecule has 0 spiro atoms. The first kappa shape index (κ1) is 15.3. The lowest BCUT2D eigenvalue weighted by Crippen LogP contribution is -2.19. The number of nitrogens with two attached hydrogens (primary N) is 1. The summed E-state index contributed by atoms with van der Waals surface area (Å²) in [4.78, 5) is 10.9. The summed E-state index contributed by atoms with van der Waals surface area (Å²) in [7, 11) is 3.15. The smallest absolute Gasteiger partial charge is 0.306 e. The van der Waals surface area contributed by atoms with Gasteiger partial charge in [0, 0.05) is 11.6 Å². The zero-order chi connectivity index (χ0) is 14.6. The van der Waals surface area contributed by atoms with E-state index in [-0.39, 0.29) is 0 Å². The number of benzene rings is 1. The molecule has 0 heterocycles. The number of carbonyl (C=O) groups is 1. The highest BCUT2D eigenvalue weighted by atomic mass is 16.5. The third-order valence-electron chi connectivity index (χ3n) is 3.18. The van der Waals surface area contributed by atoms with E-state index in [0.717, 1.165) is 11.1 Å². The highest BCUT2D eigenvalue weighted by Crippen LogP contribution is 2.33. The monoisotopic (exact) mass is 267 g/mol. The lowest BCUT2D eigenvalue weighted by molar-refractivity contribution is -0.141. The maximum atomic E-state index is 10.9. The van der Waals surface area contributed by atoms with Gasteiger partial charge < -0.3 is 20.3 Å². The maximum absolute atomic E-state index is 10.9. The van der Waals surface area contributed by atoms with Crippen LogP contribution in [-0.2, 0) is 4.79 Å². The second-order valence-electron chi connectivity index (χ2n) is 4.65. The summed E-state index contributed by atoms with van der Waals surface area (Å²) < 4.78 is 10.6. The molecular formula is C14H21NO4. The third kappa shape index (κ3) is 3.61. The molecule has 0 radical (unpaired) electrons. The molecule has 3 N–H and O–H groups in total. The van der Waals surface area contributed by atoms with Crippen molar-refractivity contribution in [2.45, 2.75) is 26.3 Å². The van der Waals surface area contributed by atoms with Crippen LogP contribution in [0.25, 0.3) is 0 Å². The molecule has 0 bridgehead atoms. The van der Waals surface area contributed by atoms with Gasteiger partial charge in [-0.3, -0.25) is 4.79 Å². The summed E-state index contributed by atoms with van der Waals surface area (Å²) in [5.41, 5.74) is 7.79. The predicted molar refractivity (Wildman–Crippen MR) is 72.6 cm³/mol. The number of aryl methyl sites for hydroxylation is 1. The first-order chi connectivity index (χ1) is 8.90. The zero-order valence-corrected chi connectivity index (χ0v) is 11.8. The molecule has 1 rings (SSSR count). The van der Waals surface area contributed by atoms with E-state index in [4.69, 9.17) is 20.3 Å². The number of ether oxygens (including phenoxy) is 2. The predicted octanol–water partition coefficient (Wildman–Crippen LogP) is 2.12. The van der Waals surface area contributed by atoms with E-state index >= 15 is 0 Å². The van der Waals surface area contributed by atoms with E-state index in [1.54, 1.807) is 21.1 Å². The van der Waals surface area contributed by atoms with Crippen LogP contribution in [0.15, 0.2) is 12.1 Å². The average Bonchev–Trinajstić information content (AvgIpc) is 2.37. The van der Waals surface area contributed by atoms with Gasteiger partial charge in [0.2, 0.25) is 0 Å². The molecule has 19 heavy (non-hydrogen) atoms. The van der Waals surface area contributed by atoms with E-state index in [2.05, 4.69) is 0 Å². The van der Waals surface area contributed by atoms with Gasteiger partial charge in [0.1, 0.15) is 11.5 Å². The fourth-order valence-corrected chi connectivity index (χ4v) is 1.97. The Bertz CT molecular complexity index is 459. The molecule has 0 aliphatic carbocycles. The summed E-state index contributed by atoms with van der Waals surface area (Å²) in [6, 6.07) is 3.25. The Morgan fingerprint density at radius 2 is 1.89 bits per heavy atom. The molecule has 0 saturated heterocycles. The summed E-state index contributed by atoms with van der Waals surface area (Å²) in [5.74, 6) is 0.0121. The largest absolute Gasteiger partial charge is 0.496 e. The first-order valence-electron chi connectivity index (χ1n) is 6.11. The molecule has 0 saturated carbocycles. The molecule has 2 atom stereocenters. The fraction of sp³-hybridized carbons (Fsp3) is 0.500. The van der Waals surface area contributed by atoms with Crippen LogP contribution in [0.1, 0.15) is 30.5 Å². The normalized spacial score (nSPS) is 13.7. The van der Waals surface area contributed by atoms with Crippen LogP contribution in [0.4, 0.5) is 0 Å².